The summed E-state index contributed by atoms with van der Waals surface area (Å²) in [5.41, 5.74) is 1.15. The average Bonchev–Trinajstić information content (AvgIpc) is 2.65. The van der Waals surface area contributed by atoms with Gasteiger partial charge in [0.05, 0.1) is 14.6 Å². The molecule has 0 bridgehead atoms. The summed E-state index contributed by atoms with van der Waals surface area (Å²) in [4.78, 5) is 0. The molecule has 13 heavy (non-hydrogen) atoms. The molecular weight excluding hydrogens is 295 g/mol. The number of rotatable bonds is 0. The van der Waals surface area contributed by atoms with Gasteiger partial charge in [-0.15, -0.1) is 11.3 Å². The Morgan fingerprint density at radius 1 is 1.38 bits per heavy atom. The second kappa shape index (κ2) is 2.68. The van der Waals surface area contributed by atoms with Gasteiger partial charge in [-0.1, -0.05) is 0 Å². The minimum Gasteiger partial charge on any atom is -0.277 e. The Hall–Kier alpha value is -0.620. The summed E-state index contributed by atoms with van der Waals surface area (Å²) < 4.78 is 2.64. The fourth-order valence-corrected chi connectivity index (χ4v) is 3.31. The number of hydrogen-bond acceptors (Lipinski definition) is 2. The molecule has 0 unspecified atom stereocenters. The number of benzene rings is 1. The van der Waals surface area contributed by atoms with Gasteiger partial charge in [-0.2, -0.15) is 5.10 Å². The molecule has 0 spiro atoms. The summed E-state index contributed by atoms with van der Waals surface area (Å²) in [6.07, 6.45) is 1.86. The van der Waals surface area contributed by atoms with E-state index in [1.54, 1.807) is 0 Å². The van der Waals surface area contributed by atoms with Gasteiger partial charge < -0.3 is 0 Å². The molecule has 64 valence electrons. The number of H-pyrrole nitrogens is 1. The molecule has 0 saturated carbocycles. The summed E-state index contributed by atoms with van der Waals surface area (Å²) in [5.74, 6) is 0. The summed E-state index contributed by atoms with van der Waals surface area (Å²) in [5, 5.41) is 9.53. The second-order valence-electron chi connectivity index (χ2n) is 2.86. The van der Waals surface area contributed by atoms with Gasteiger partial charge in [-0.25, -0.2) is 0 Å². The highest BCUT2D eigenvalue weighted by atomic mass is 127. The number of halogens is 1. The van der Waals surface area contributed by atoms with Crippen molar-refractivity contribution in [2.45, 2.75) is 0 Å². The van der Waals surface area contributed by atoms with Crippen molar-refractivity contribution in [1.29, 1.82) is 0 Å². The molecule has 2 nitrogen and oxygen atoms in total. The monoisotopic (exact) mass is 300 g/mol. The van der Waals surface area contributed by atoms with E-state index in [0.29, 0.717) is 0 Å². The molecule has 0 atom stereocenters. The quantitative estimate of drug-likeness (QED) is 0.633. The number of aromatic nitrogens is 2. The molecule has 3 rings (SSSR count). The van der Waals surface area contributed by atoms with E-state index in [1.165, 1.54) is 18.4 Å². The molecule has 0 amide bonds. The first-order valence-electron chi connectivity index (χ1n) is 3.86. The predicted molar refractivity (Wildman–Crippen MR) is 64.2 cm³/mol. The second-order valence-corrected chi connectivity index (χ2v) is 5.84. The van der Waals surface area contributed by atoms with Crippen LogP contribution in [0.2, 0.25) is 0 Å². The smallest absolute Gasteiger partial charge is 0.0737 e. The van der Waals surface area contributed by atoms with Crippen LogP contribution in [0, 0.1) is 2.88 Å². The number of fused-ring (bicyclic) bond motifs is 3. The summed E-state index contributed by atoms with van der Waals surface area (Å²) in [6.45, 7) is 0. The Morgan fingerprint density at radius 2 is 2.31 bits per heavy atom. The van der Waals surface area contributed by atoms with Crippen molar-refractivity contribution in [2.75, 3.05) is 0 Å². The Balaban J connectivity index is 2.64. The largest absolute Gasteiger partial charge is 0.277 e. The van der Waals surface area contributed by atoms with Crippen LogP contribution in [0.1, 0.15) is 0 Å². The Bertz CT molecular complexity index is 581. The van der Waals surface area contributed by atoms with Crippen molar-refractivity contribution in [1.82, 2.24) is 10.2 Å². The maximum atomic E-state index is 4.04. The standard InChI is InChI=1S/C9H5IN2S/c10-8-3-6-7(13-8)2-1-5-4-11-12-9(5)6/h1-4H,(H,11,12). The van der Waals surface area contributed by atoms with Crippen LogP contribution in [-0.2, 0) is 0 Å². The van der Waals surface area contributed by atoms with Crippen LogP contribution < -0.4 is 0 Å². The fourth-order valence-electron chi connectivity index (χ4n) is 1.50. The van der Waals surface area contributed by atoms with Crippen molar-refractivity contribution in [3.8, 4) is 0 Å². The molecule has 0 radical (unpaired) electrons. The predicted octanol–water partition coefficient (Wildman–Crippen LogP) is 3.38. The minimum absolute atomic E-state index is 1.15. The molecule has 0 saturated heterocycles. The first-order chi connectivity index (χ1) is 6.34. The molecule has 0 aliphatic rings. The highest BCUT2D eigenvalue weighted by Crippen LogP contribution is 2.31. The Morgan fingerprint density at radius 3 is 3.23 bits per heavy atom. The van der Waals surface area contributed by atoms with Gasteiger partial charge in [0, 0.05) is 15.5 Å². The zero-order valence-electron chi connectivity index (χ0n) is 6.54. The summed E-state index contributed by atoms with van der Waals surface area (Å²) in [7, 11) is 0. The maximum Gasteiger partial charge on any atom is 0.0737 e. The van der Waals surface area contributed by atoms with Gasteiger partial charge in [0.1, 0.15) is 0 Å². The van der Waals surface area contributed by atoms with Crippen molar-refractivity contribution >= 4 is 54.9 Å². The molecule has 2 heterocycles. The Labute approximate surface area is 92.1 Å². The SMILES string of the molecule is Ic1cc2c(ccc3cn[nH]c32)s1. The van der Waals surface area contributed by atoms with Crippen LogP contribution in [0.25, 0.3) is 21.0 Å². The van der Waals surface area contributed by atoms with Crippen molar-refractivity contribution in [2.24, 2.45) is 0 Å². The number of hydrogen-bond donors (Lipinski definition) is 1. The lowest BCUT2D eigenvalue weighted by Crippen LogP contribution is -1.68. The molecule has 4 heteroatoms. The third-order valence-electron chi connectivity index (χ3n) is 2.08. The molecule has 0 fully saturated rings. The Kier molecular flexibility index (Phi) is 1.60. The van der Waals surface area contributed by atoms with Gasteiger partial charge in [0.2, 0.25) is 0 Å². The lowest BCUT2D eigenvalue weighted by atomic mass is 10.2. The molecule has 3 aromatic rings. The maximum absolute atomic E-state index is 4.04. The first kappa shape index (κ1) is 7.75. The van der Waals surface area contributed by atoms with Crippen LogP contribution in [0.15, 0.2) is 24.4 Å². The lowest BCUT2D eigenvalue weighted by molar-refractivity contribution is 1.12. The lowest BCUT2D eigenvalue weighted by Gasteiger charge is -1.89. The molecule has 1 N–H and O–H groups in total. The fraction of sp³-hybridized carbons (Fsp3) is 0. The van der Waals surface area contributed by atoms with Gasteiger partial charge in [-0.3, -0.25) is 5.10 Å². The number of thiophene rings is 1. The van der Waals surface area contributed by atoms with Crippen molar-refractivity contribution in [3.05, 3.63) is 27.3 Å². The van der Waals surface area contributed by atoms with Crippen LogP contribution in [0.4, 0.5) is 0 Å². The first-order valence-corrected chi connectivity index (χ1v) is 5.75. The normalized spacial score (nSPS) is 11.5. The number of nitrogens with one attached hydrogen (secondary N) is 1. The van der Waals surface area contributed by atoms with Crippen LogP contribution in [0.3, 0.4) is 0 Å². The zero-order chi connectivity index (χ0) is 8.84. The highest BCUT2D eigenvalue weighted by Gasteiger charge is 2.04. The van der Waals surface area contributed by atoms with E-state index in [9.17, 15) is 0 Å². The zero-order valence-corrected chi connectivity index (χ0v) is 9.52. The van der Waals surface area contributed by atoms with Gasteiger partial charge in [0.15, 0.2) is 0 Å². The highest BCUT2D eigenvalue weighted by molar-refractivity contribution is 14.1. The molecule has 0 aliphatic heterocycles. The van der Waals surface area contributed by atoms with E-state index in [-0.39, 0.29) is 0 Å². The summed E-state index contributed by atoms with van der Waals surface area (Å²) in [6, 6.07) is 6.45. The van der Waals surface area contributed by atoms with Gasteiger partial charge in [0.25, 0.3) is 0 Å². The topological polar surface area (TPSA) is 28.7 Å². The number of nitrogens with zero attached hydrogens (tertiary/aromatic N) is 1. The third-order valence-corrected chi connectivity index (χ3v) is 3.94. The molecule has 0 aliphatic carbocycles. The van der Waals surface area contributed by atoms with Crippen LogP contribution in [0.5, 0.6) is 0 Å². The van der Waals surface area contributed by atoms with E-state index >= 15 is 0 Å². The van der Waals surface area contributed by atoms with E-state index < -0.39 is 0 Å². The van der Waals surface area contributed by atoms with Gasteiger partial charge >= 0.3 is 0 Å². The van der Waals surface area contributed by atoms with E-state index in [4.69, 9.17) is 0 Å². The van der Waals surface area contributed by atoms with Crippen LogP contribution >= 0.6 is 33.9 Å². The van der Waals surface area contributed by atoms with E-state index in [2.05, 4.69) is 51.0 Å². The van der Waals surface area contributed by atoms with Crippen molar-refractivity contribution in [3.63, 3.8) is 0 Å². The third kappa shape index (κ3) is 1.08. The minimum atomic E-state index is 1.15. The molecule has 1 aromatic carbocycles. The van der Waals surface area contributed by atoms with E-state index in [0.717, 1.165) is 5.52 Å². The van der Waals surface area contributed by atoms with Crippen molar-refractivity contribution < 1.29 is 0 Å². The average molecular weight is 300 g/mol. The molecular formula is C9H5IN2S. The summed E-state index contributed by atoms with van der Waals surface area (Å²) >= 11 is 4.16. The van der Waals surface area contributed by atoms with Crippen LogP contribution in [-0.4, -0.2) is 10.2 Å². The van der Waals surface area contributed by atoms with E-state index in [1.807, 2.05) is 17.5 Å². The molecule has 2 aromatic heterocycles. The number of aromatic amines is 1. The van der Waals surface area contributed by atoms with Gasteiger partial charge in [-0.05, 0) is 40.8 Å².